The van der Waals surface area contributed by atoms with Crippen molar-refractivity contribution in [3.05, 3.63) is 0 Å². The van der Waals surface area contributed by atoms with E-state index < -0.39 is 0 Å². The van der Waals surface area contributed by atoms with Gasteiger partial charge in [-0.2, -0.15) is 0 Å². The van der Waals surface area contributed by atoms with Gasteiger partial charge in [0.25, 0.3) is 0 Å². The van der Waals surface area contributed by atoms with E-state index >= 15 is 0 Å². The largest absolute Gasteiger partial charge is 1.00 e. The van der Waals surface area contributed by atoms with Crippen molar-refractivity contribution in [1.82, 2.24) is 0 Å². The van der Waals surface area contributed by atoms with E-state index in [1.54, 1.807) is 0 Å². The minimum Gasteiger partial charge on any atom is -1.00 e. The molecule has 2 nitrogen and oxygen atoms in total. The second kappa shape index (κ2) is 24.2. The molecule has 168 valence electrons. The van der Waals surface area contributed by atoms with Crippen LogP contribution in [0.1, 0.15) is 130 Å². The zero-order valence-electron chi connectivity index (χ0n) is 19.5. The smallest absolute Gasteiger partial charge is 0.0786 e. The predicted octanol–water partition coefficient (Wildman–Crippen LogP) is 4.30. The summed E-state index contributed by atoms with van der Waals surface area (Å²) in [7, 11) is 0. The fraction of sp³-hybridized carbons (Fsp3) is 1.00. The minimum absolute atomic E-state index is 0. The first kappa shape index (κ1) is 31.9. The second-order valence-corrected chi connectivity index (χ2v) is 8.48. The molecule has 0 aromatic heterocycles. The van der Waals surface area contributed by atoms with E-state index in [1.807, 2.05) is 0 Å². The summed E-state index contributed by atoms with van der Waals surface area (Å²) in [4.78, 5) is 0. The first-order chi connectivity index (χ1) is 12.2. The first-order valence-electron chi connectivity index (χ1n) is 12.1. The number of quaternary nitrogens is 1. The highest BCUT2D eigenvalue weighted by atomic mass is 35.5. The summed E-state index contributed by atoms with van der Waals surface area (Å²) in [6.45, 7) is 15.2. The van der Waals surface area contributed by atoms with Gasteiger partial charge in [0.2, 0.25) is 0 Å². The highest BCUT2D eigenvalue weighted by Gasteiger charge is 2.25. The van der Waals surface area contributed by atoms with Crippen molar-refractivity contribution in [1.29, 1.82) is 0 Å². The van der Waals surface area contributed by atoms with Crippen LogP contribution in [0.25, 0.3) is 0 Å². The lowest BCUT2D eigenvalue weighted by Crippen LogP contribution is -3.00. The van der Waals surface area contributed by atoms with E-state index in [-0.39, 0.29) is 17.9 Å². The summed E-state index contributed by atoms with van der Waals surface area (Å²) in [6.07, 6.45) is 22.8. The fourth-order valence-corrected chi connectivity index (χ4v) is 4.17. The van der Waals surface area contributed by atoms with Crippen LogP contribution in [-0.2, 0) is 0 Å². The van der Waals surface area contributed by atoms with Gasteiger partial charge < -0.3 is 22.4 Å². The molecule has 0 aromatic carbocycles. The molecule has 0 aliphatic heterocycles. The summed E-state index contributed by atoms with van der Waals surface area (Å²) >= 11 is 0. The predicted molar refractivity (Wildman–Crippen MR) is 120 cm³/mol. The molecule has 0 atom stereocenters. The fourth-order valence-electron chi connectivity index (χ4n) is 4.17. The molecule has 2 N–H and O–H groups in total. The van der Waals surface area contributed by atoms with Crippen LogP contribution in [0.5, 0.6) is 0 Å². The van der Waals surface area contributed by atoms with Gasteiger partial charge in [0.15, 0.2) is 0 Å². The Kier molecular flexibility index (Phi) is 28.6. The van der Waals surface area contributed by atoms with Gasteiger partial charge in [0.1, 0.15) is 0 Å². The van der Waals surface area contributed by atoms with Gasteiger partial charge in [-0.25, -0.2) is 0 Å². The molecule has 0 bridgehead atoms. The van der Waals surface area contributed by atoms with Crippen molar-refractivity contribution >= 4 is 0 Å². The van der Waals surface area contributed by atoms with Gasteiger partial charge in [0, 0.05) is 0 Å². The molecule has 0 unspecified atom stereocenters. The summed E-state index contributed by atoms with van der Waals surface area (Å²) in [6, 6.07) is 0. The number of unbranched alkanes of at least 4 members (excludes halogenated alkanes) is 12. The third kappa shape index (κ3) is 19.3. The van der Waals surface area contributed by atoms with Crippen molar-refractivity contribution in [3.8, 4) is 0 Å². The standard InChI is InChI=1S/C24H52N.ClH.H2O/c1-5-9-13-17-21-25(22-18-14-10-6-2,23-19-15-11-7-3)24-20-16-12-8-4;;/h5-24H2,1-4H3;1H;1H2/q+1;;/p-1. The zero-order chi connectivity index (χ0) is 18.6. The lowest BCUT2D eigenvalue weighted by atomic mass is 10.1. The number of rotatable bonds is 20. The van der Waals surface area contributed by atoms with E-state index in [0.29, 0.717) is 0 Å². The van der Waals surface area contributed by atoms with Gasteiger partial charge in [-0.1, -0.05) is 79.1 Å². The lowest BCUT2D eigenvalue weighted by molar-refractivity contribution is -0.929. The Morgan fingerprint density at radius 3 is 0.778 bits per heavy atom. The Morgan fingerprint density at radius 2 is 0.593 bits per heavy atom. The van der Waals surface area contributed by atoms with Gasteiger partial charge >= 0.3 is 0 Å². The quantitative estimate of drug-likeness (QED) is 0.213. The van der Waals surface area contributed by atoms with Crippen LogP contribution in [-0.4, -0.2) is 36.1 Å². The normalized spacial score (nSPS) is 11.1. The molecule has 0 heterocycles. The molecule has 0 saturated carbocycles. The molecule has 27 heavy (non-hydrogen) atoms. The SMILES string of the molecule is CCCCCC[N+](CCCCCC)(CCCCCC)CCCCCC.O.[Cl-]. The maximum absolute atomic E-state index is 2.34. The highest BCUT2D eigenvalue weighted by Crippen LogP contribution is 2.19. The highest BCUT2D eigenvalue weighted by molar-refractivity contribution is 4.53. The van der Waals surface area contributed by atoms with Crippen LogP contribution in [0.2, 0.25) is 0 Å². The molecule has 0 aliphatic carbocycles. The molecule has 0 rings (SSSR count). The number of hydrogen-bond donors (Lipinski definition) is 0. The maximum atomic E-state index is 2.34. The summed E-state index contributed by atoms with van der Waals surface area (Å²) in [5, 5.41) is 0. The minimum atomic E-state index is 0. The number of nitrogens with zero attached hydrogens (tertiary/aromatic N) is 1. The van der Waals surface area contributed by atoms with E-state index in [4.69, 9.17) is 0 Å². The molecule has 0 fully saturated rings. The van der Waals surface area contributed by atoms with E-state index in [9.17, 15) is 0 Å². The first-order valence-corrected chi connectivity index (χ1v) is 12.1. The van der Waals surface area contributed by atoms with Crippen molar-refractivity contribution < 1.29 is 22.4 Å². The van der Waals surface area contributed by atoms with Gasteiger partial charge in [-0.3, -0.25) is 0 Å². The molecule has 0 aliphatic rings. The lowest BCUT2D eigenvalue weighted by Gasteiger charge is -2.39. The van der Waals surface area contributed by atoms with Crippen molar-refractivity contribution in [3.63, 3.8) is 0 Å². The van der Waals surface area contributed by atoms with Gasteiger partial charge in [0.05, 0.1) is 26.2 Å². The average Bonchev–Trinajstić information content (AvgIpc) is 2.63. The van der Waals surface area contributed by atoms with Crippen LogP contribution < -0.4 is 12.4 Å². The Balaban J connectivity index is -0.00000288. The Hall–Kier alpha value is 0.210. The van der Waals surface area contributed by atoms with Crippen LogP contribution in [0.3, 0.4) is 0 Å². The number of halogens is 1. The molecule has 0 spiro atoms. The second-order valence-electron chi connectivity index (χ2n) is 8.48. The van der Waals surface area contributed by atoms with Crippen molar-refractivity contribution in [2.45, 2.75) is 130 Å². The average molecular weight is 408 g/mol. The Morgan fingerprint density at radius 1 is 0.370 bits per heavy atom. The molecule has 0 radical (unpaired) electrons. The molecule has 0 aromatic rings. The summed E-state index contributed by atoms with van der Waals surface area (Å²) in [5.74, 6) is 0. The van der Waals surface area contributed by atoms with Crippen LogP contribution in [0, 0.1) is 0 Å². The third-order valence-electron chi connectivity index (χ3n) is 5.94. The topological polar surface area (TPSA) is 31.5 Å². The van der Waals surface area contributed by atoms with E-state index in [0.717, 1.165) is 0 Å². The summed E-state index contributed by atoms with van der Waals surface area (Å²) in [5.41, 5.74) is 0. The van der Waals surface area contributed by atoms with Gasteiger partial charge in [-0.15, -0.1) is 0 Å². The Bertz CT molecular complexity index is 207. The Labute approximate surface area is 179 Å². The molecular formula is C24H54ClNO. The van der Waals surface area contributed by atoms with Crippen LogP contribution in [0.15, 0.2) is 0 Å². The maximum Gasteiger partial charge on any atom is 0.0786 e. The van der Waals surface area contributed by atoms with E-state index in [1.165, 1.54) is 133 Å². The zero-order valence-corrected chi connectivity index (χ0v) is 20.2. The molecular weight excluding hydrogens is 354 g/mol. The summed E-state index contributed by atoms with van der Waals surface area (Å²) < 4.78 is 1.46. The third-order valence-corrected chi connectivity index (χ3v) is 5.94. The van der Waals surface area contributed by atoms with Crippen molar-refractivity contribution in [2.75, 3.05) is 26.2 Å². The van der Waals surface area contributed by atoms with E-state index in [2.05, 4.69) is 27.7 Å². The number of hydrogen-bond acceptors (Lipinski definition) is 0. The van der Waals surface area contributed by atoms with Crippen molar-refractivity contribution in [2.24, 2.45) is 0 Å². The van der Waals surface area contributed by atoms with Gasteiger partial charge in [-0.05, 0) is 51.4 Å². The molecule has 3 heteroatoms. The van der Waals surface area contributed by atoms with Crippen LogP contribution >= 0.6 is 0 Å². The monoisotopic (exact) mass is 407 g/mol. The van der Waals surface area contributed by atoms with Crippen LogP contribution in [0.4, 0.5) is 0 Å². The molecule has 0 saturated heterocycles. The molecule has 0 amide bonds.